The number of benzene rings is 2. The number of carbonyl (C=O) groups excluding carboxylic acids is 1. The van der Waals surface area contributed by atoms with Crippen LogP contribution in [-0.4, -0.2) is 27.8 Å². The molecule has 0 fully saturated rings. The Morgan fingerprint density at radius 2 is 2.04 bits per heavy atom. The summed E-state index contributed by atoms with van der Waals surface area (Å²) in [6, 6.07) is 14.5. The summed E-state index contributed by atoms with van der Waals surface area (Å²) in [4.78, 5) is 16.3. The molecule has 0 radical (unpaired) electrons. The topological polar surface area (TPSA) is 69.0 Å². The van der Waals surface area contributed by atoms with Crippen molar-refractivity contribution in [1.29, 1.82) is 0 Å². The fraction of sp³-hybridized carbons (Fsp3) is 0.118. The lowest BCUT2D eigenvalue weighted by atomic mass is 10.1. The fourth-order valence-electron chi connectivity index (χ4n) is 2.33. The van der Waals surface area contributed by atoms with E-state index in [0.717, 1.165) is 5.56 Å². The molecule has 0 aliphatic carbocycles. The second-order valence-corrected chi connectivity index (χ2v) is 5.43. The standard InChI is InChI=1S/C17H15ClN4O2/c1-24-16(12-5-3-2-4-6-12)17(23)21-13-7-8-15(14(18)9-13)22-11-19-10-20-22/h2-11,16H,1H3,(H,21,23)/t16-/m1/s1. The first kappa shape index (κ1) is 16.2. The van der Waals surface area contributed by atoms with Crippen molar-refractivity contribution in [2.75, 3.05) is 12.4 Å². The minimum absolute atomic E-state index is 0.270. The molecule has 1 N–H and O–H groups in total. The van der Waals surface area contributed by atoms with Gasteiger partial charge in [-0.1, -0.05) is 41.9 Å². The van der Waals surface area contributed by atoms with E-state index in [1.165, 1.54) is 13.4 Å². The summed E-state index contributed by atoms with van der Waals surface area (Å²) in [6.45, 7) is 0. The first-order valence-electron chi connectivity index (χ1n) is 7.22. The fourth-order valence-corrected chi connectivity index (χ4v) is 2.60. The Hall–Kier alpha value is -2.70. The van der Waals surface area contributed by atoms with Crippen molar-refractivity contribution < 1.29 is 9.53 Å². The average molecular weight is 343 g/mol. The summed E-state index contributed by atoms with van der Waals surface area (Å²) >= 11 is 6.26. The maximum absolute atomic E-state index is 12.5. The van der Waals surface area contributed by atoms with Gasteiger partial charge in [-0.25, -0.2) is 9.67 Å². The Bertz CT molecular complexity index is 822. The van der Waals surface area contributed by atoms with Gasteiger partial charge in [-0.05, 0) is 23.8 Å². The first-order valence-corrected chi connectivity index (χ1v) is 7.60. The molecule has 0 aliphatic rings. The Balaban J connectivity index is 1.78. The van der Waals surface area contributed by atoms with Crippen LogP contribution >= 0.6 is 11.6 Å². The summed E-state index contributed by atoms with van der Waals surface area (Å²) < 4.78 is 6.87. The van der Waals surface area contributed by atoms with Crippen LogP contribution in [0.1, 0.15) is 11.7 Å². The molecule has 1 amide bonds. The van der Waals surface area contributed by atoms with Gasteiger partial charge in [-0.2, -0.15) is 5.10 Å². The molecular weight excluding hydrogens is 328 g/mol. The zero-order chi connectivity index (χ0) is 16.9. The molecule has 3 rings (SSSR count). The Labute approximate surface area is 144 Å². The molecular formula is C17H15ClN4O2. The number of methoxy groups -OCH3 is 1. The molecule has 0 saturated heterocycles. The number of amides is 1. The highest BCUT2D eigenvalue weighted by atomic mass is 35.5. The van der Waals surface area contributed by atoms with Crippen molar-refractivity contribution >= 4 is 23.2 Å². The van der Waals surface area contributed by atoms with Crippen LogP contribution in [0.5, 0.6) is 0 Å². The number of nitrogens with one attached hydrogen (secondary N) is 1. The zero-order valence-electron chi connectivity index (χ0n) is 12.9. The first-order chi connectivity index (χ1) is 11.7. The number of ether oxygens (including phenoxy) is 1. The van der Waals surface area contributed by atoms with Gasteiger partial charge < -0.3 is 10.1 Å². The van der Waals surface area contributed by atoms with E-state index >= 15 is 0 Å². The van der Waals surface area contributed by atoms with E-state index in [-0.39, 0.29) is 5.91 Å². The minimum Gasteiger partial charge on any atom is -0.367 e. The average Bonchev–Trinajstić information content (AvgIpc) is 3.11. The minimum atomic E-state index is -0.694. The van der Waals surface area contributed by atoms with Gasteiger partial charge in [0.15, 0.2) is 6.10 Å². The van der Waals surface area contributed by atoms with Crippen LogP contribution in [0, 0.1) is 0 Å². The quantitative estimate of drug-likeness (QED) is 0.772. The van der Waals surface area contributed by atoms with Crippen LogP contribution in [0.15, 0.2) is 61.2 Å². The second kappa shape index (κ2) is 7.25. The van der Waals surface area contributed by atoms with E-state index in [4.69, 9.17) is 16.3 Å². The molecule has 0 aliphatic heterocycles. The van der Waals surface area contributed by atoms with E-state index in [1.54, 1.807) is 29.2 Å². The van der Waals surface area contributed by atoms with Gasteiger partial charge in [0.25, 0.3) is 5.91 Å². The summed E-state index contributed by atoms with van der Waals surface area (Å²) in [7, 11) is 1.50. The number of anilines is 1. The number of rotatable bonds is 5. The normalized spacial score (nSPS) is 11.9. The lowest BCUT2D eigenvalue weighted by molar-refractivity contribution is -0.126. The number of hydrogen-bond donors (Lipinski definition) is 1. The van der Waals surface area contributed by atoms with Crippen molar-refractivity contribution in [1.82, 2.24) is 14.8 Å². The predicted molar refractivity (Wildman–Crippen MR) is 91.2 cm³/mol. The molecule has 1 atom stereocenters. The van der Waals surface area contributed by atoms with Crippen LogP contribution in [-0.2, 0) is 9.53 Å². The molecule has 1 aromatic heterocycles. The van der Waals surface area contributed by atoms with Gasteiger partial charge in [0.2, 0.25) is 0 Å². The van der Waals surface area contributed by atoms with Gasteiger partial charge >= 0.3 is 0 Å². The monoisotopic (exact) mass is 342 g/mol. The maximum atomic E-state index is 12.5. The van der Waals surface area contributed by atoms with Crippen molar-refractivity contribution in [3.05, 3.63) is 71.8 Å². The highest BCUT2D eigenvalue weighted by Crippen LogP contribution is 2.25. The van der Waals surface area contributed by atoms with Crippen molar-refractivity contribution in [2.24, 2.45) is 0 Å². The lowest BCUT2D eigenvalue weighted by Gasteiger charge is -2.16. The van der Waals surface area contributed by atoms with Crippen molar-refractivity contribution in [3.8, 4) is 5.69 Å². The molecule has 24 heavy (non-hydrogen) atoms. The smallest absolute Gasteiger partial charge is 0.258 e. The molecule has 0 spiro atoms. The summed E-state index contributed by atoms with van der Waals surface area (Å²) in [5.41, 5.74) is 2.04. The second-order valence-electron chi connectivity index (χ2n) is 5.02. The molecule has 122 valence electrons. The SMILES string of the molecule is CO[C@@H](C(=O)Nc1ccc(-n2cncn2)c(Cl)c1)c1ccccc1. The van der Waals surface area contributed by atoms with E-state index in [2.05, 4.69) is 15.4 Å². The summed E-state index contributed by atoms with van der Waals surface area (Å²) in [5.74, 6) is -0.270. The molecule has 6 nitrogen and oxygen atoms in total. The van der Waals surface area contributed by atoms with E-state index in [1.807, 2.05) is 30.3 Å². The van der Waals surface area contributed by atoms with E-state index in [9.17, 15) is 4.79 Å². The Morgan fingerprint density at radius 3 is 2.67 bits per heavy atom. The molecule has 3 aromatic rings. The highest BCUT2D eigenvalue weighted by molar-refractivity contribution is 6.32. The van der Waals surface area contributed by atoms with Gasteiger partial charge in [0.05, 0.1) is 10.7 Å². The van der Waals surface area contributed by atoms with E-state index < -0.39 is 6.10 Å². The Morgan fingerprint density at radius 1 is 1.25 bits per heavy atom. The predicted octanol–water partition coefficient (Wildman–Crippen LogP) is 3.25. The maximum Gasteiger partial charge on any atom is 0.258 e. The molecule has 0 unspecified atom stereocenters. The van der Waals surface area contributed by atoms with Crippen LogP contribution in [0.2, 0.25) is 5.02 Å². The third kappa shape index (κ3) is 3.45. The summed E-state index contributed by atoms with van der Waals surface area (Å²) in [6.07, 6.45) is 2.28. The molecule has 1 heterocycles. The van der Waals surface area contributed by atoms with Gasteiger partial charge in [-0.15, -0.1) is 0 Å². The van der Waals surface area contributed by atoms with Gasteiger partial charge in [0.1, 0.15) is 12.7 Å². The number of carbonyl (C=O) groups is 1. The van der Waals surface area contributed by atoms with Crippen LogP contribution in [0.25, 0.3) is 5.69 Å². The van der Waals surface area contributed by atoms with Crippen LogP contribution in [0.4, 0.5) is 5.69 Å². The highest BCUT2D eigenvalue weighted by Gasteiger charge is 2.20. The Kier molecular flexibility index (Phi) is 4.88. The molecule has 2 aromatic carbocycles. The van der Waals surface area contributed by atoms with Gasteiger partial charge in [0, 0.05) is 12.8 Å². The number of halogens is 1. The van der Waals surface area contributed by atoms with Crippen molar-refractivity contribution in [2.45, 2.75) is 6.10 Å². The molecule has 0 saturated carbocycles. The summed E-state index contributed by atoms with van der Waals surface area (Å²) in [5, 5.41) is 7.29. The number of aromatic nitrogens is 3. The van der Waals surface area contributed by atoms with Crippen LogP contribution in [0.3, 0.4) is 0 Å². The third-order valence-corrected chi connectivity index (χ3v) is 3.76. The zero-order valence-corrected chi connectivity index (χ0v) is 13.6. The van der Waals surface area contributed by atoms with E-state index in [0.29, 0.717) is 16.4 Å². The number of hydrogen-bond acceptors (Lipinski definition) is 4. The van der Waals surface area contributed by atoms with Crippen LogP contribution < -0.4 is 5.32 Å². The largest absolute Gasteiger partial charge is 0.367 e. The van der Waals surface area contributed by atoms with Crippen molar-refractivity contribution in [3.63, 3.8) is 0 Å². The van der Waals surface area contributed by atoms with Gasteiger partial charge in [-0.3, -0.25) is 4.79 Å². The third-order valence-electron chi connectivity index (χ3n) is 3.46. The number of nitrogens with zero attached hydrogens (tertiary/aromatic N) is 3. The molecule has 7 heteroatoms. The molecule has 0 bridgehead atoms. The lowest BCUT2D eigenvalue weighted by Crippen LogP contribution is -2.22.